The van der Waals surface area contributed by atoms with Crippen molar-refractivity contribution in [2.24, 2.45) is 0 Å². The van der Waals surface area contributed by atoms with Gasteiger partial charge in [-0.25, -0.2) is 13.1 Å². The zero-order valence-corrected chi connectivity index (χ0v) is 21.7. The van der Waals surface area contributed by atoms with Gasteiger partial charge in [0.05, 0.1) is 45.0 Å². The van der Waals surface area contributed by atoms with Crippen molar-refractivity contribution in [3.05, 3.63) is 76.6 Å². The van der Waals surface area contributed by atoms with E-state index in [1.54, 1.807) is 30.1 Å². The molecule has 1 aliphatic rings. The number of halogens is 1. The summed E-state index contributed by atoms with van der Waals surface area (Å²) in [4.78, 5) is 14.7. The van der Waals surface area contributed by atoms with Crippen molar-refractivity contribution in [3.8, 4) is 5.75 Å². The van der Waals surface area contributed by atoms with E-state index in [1.165, 1.54) is 11.4 Å². The van der Waals surface area contributed by atoms with Crippen molar-refractivity contribution in [2.75, 3.05) is 33.1 Å². The summed E-state index contributed by atoms with van der Waals surface area (Å²) in [7, 11) is -0.911. The summed E-state index contributed by atoms with van der Waals surface area (Å²) in [5, 5.41) is 8.91. The molecule has 10 nitrogen and oxygen atoms in total. The molecular weight excluding hydrogens is 506 g/mol. The van der Waals surface area contributed by atoms with Crippen LogP contribution in [-0.4, -0.2) is 77.7 Å². The molecular formula is C24H28ClN5O5S. The first-order valence-corrected chi connectivity index (χ1v) is 13.3. The molecule has 1 aromatic heterocycles. The van der Waals surface area contributed by atoms with Gasteiger partial charge in [0.2, 0.25) is 10.0 Å². The highest BCUT2D eigenvalue weighted by atomic mass is 35.5. The molecule has 192 valence electrons. The molecule has 1 saturated heterocycles. The van der Waals surface area contributed by atoms with E-state index in [2.05, 4.69) is 10.3 Å². The summed E-state index contributed by atoms with van der Waals surface area (Å²) in [6.45, 7) is 1.32. The first kappa shape index (κ1) is 26.1. The molecule has 2 aromatic carbocycles. The molecule has 0 radical (unpaired) electrons. The second-order valence-electron chi connectivity index (χ2n) is 8.52. The SMILES string of the molecule is COC(=O)C1CN(Cc2ccc(Cl)cc2)CCS(=O)(=O)N1Cc1cn(Cc2ccc(OC)cc2)nn1. The number of sulfonamides is 1. The van der Waals surface area contributed by atoms with Gasteiger partial charge in [-0.15, -0.1) is 5.10 Å². The molecule has 0 aliphatic carbocycles. The van der Waals surface area contributed by atoms with E-state index in [0.29, 0.717) is 23.8 Å². The zero-order valence-electron chi connectivity index (χ0n) is 20.1. The van der Waals surface area contributed by atoms with Crippen molar-refractivity contribution in [1.82, 2.24) is 24.2 Å². The van der Waals surface area contributed by atoms with Crippen LogP contribution >= 0.6 is 11.6 Å². The molecule has 1 atom stereocenters. The van der Waals surface area contributed by atoms with Gasteiger partial charge in [0.25, 0.3) is 0 Å². The fourth-order valence-corrected chi connectivity index (χ4v) is 5.80. The number of aromatic nitrogens is 3. The monoisotopic (exact) mass is 533 g/mol. The topological polar surface area (TPSA) is 107 Å². The quantitative estimate of drug-likeness (QED) is 0.406. The number of ether oxygens (including phenoxy) is 2. The molecule has 0 spiro atoms. The third-order valence-electron chi connectivity index (χ3n) is 6.00. The maximum Gasteiger partial charge on any atom is 0.325 e. The van der Waals surface area contributed by atoms with Crippen LogP contribution in [0.2, 0.25) is 5.02 Å². The van der Waals surface area contributed by atoms with Crippen LogP contribution in [0.3, 0.4) is 0 Å². The van der Waals surface area contributed by atoms with Crippen molar-refractivity contribution in [3.63, 3.8) is 0 Å². The Kier molecular flexibility index (Phi) is 8.24. The van der Waals surface area contributed by atoms with Gasteiger partial charge in [-0.1, -0.05) is 41.1 Å². The minimum absolute atomic E-state index is 0.0838. The van der Waals surface area contributed by atoms with E-state index in [-0.39, 0.29) is 25.4 Å². The van der Waals surface area contributed by atoms with Crippen LogP contribution in [-0.2, 0) is 39.2 Å². The van der Waals surface area contributed by atoms with Crippen LogP contribution in [0.1, 0.15) is 16.8 Å². The summed E-state index contributed by atoms with van der Waals surface area (Å²) in [5.74, 6) is 0.00390. The van der Waals surface area contributed by atoms with Crippen molar-refractivity contribution >= 4 is 27.6 Å². The molecule has 0 bridgehead atoms. The number of esters is 1. The van der Waals surface area contributed by atoms with Gasteiger partial charge in [-0.3, -0.25) is 9.69 Å². The Labute approximate surface area is 215 Å². The highest BCUT2D eigenvalue weighted by Crippen LogP contribution is 2.21. The Bertz CT molecular complexity index is 1280. The smallest absolute Gasteiger partial charge is 0.325 e. The fraction of sp³-hybridized carbons (Fsp3) is 0.375. The lowest BCUT2D eigenvalue weighted by molar-refractivity contribution is -0.145. The molecule has 3 aromatic rings. The van der Waals surface area contributed by atoms with Crippen LogP contribution in [0.25, 0.3) is 0 Å². The second-order valence-corrected chi connectivity index (χ2v) is 11.0. The number of carbonyl (C=O) groups excluding carboxylic acids is 1. The summed E-state index contributed by atoms with van der Waals surface area (Å²) in [5.41, 5.74) is 2.39. The summed E-state index contributed by atoms with van der Waals surface area (Å²) in [6.07, 6.45) is 1.68. The Balaban J connectivity index is 1.51. The number of nitrogens with zero attached hydrogens (tertiary/aromatic N) is 5. The van der Waals surface area contributed by atoms with Crippen LogP contribution in [0, 0.1) is 0 Å². The lowest BCUT2D eigenvalue weighted by Crippen LogP contribution is -2.48. The van der Waals surface area contributed by atoms with E-state index >= 15 is 0 Å². The lowest BCUT2D eigenvalue weighted by atomic mass is 10.2. The average Bonchev–Trinajstić information content (AvgIpc) is 3.27. The van der Waals surface area contributed by atoms with E-state index in [4.69, 9.17) is 21.1 Å². The molecule has 0 saturated carbocycles. The van der Waals surface area contributed by atoms with Gasteiger partial charge < -0.3 is 9.47 Å². The van der Waals surface area contributed by atoms with Gasteiger partial charge in [0, 0.05) is 24.7 Å². The second kappa shape index (κ2) is 11.4. The predicted molar refractivity (Wildman–Crippen MR) is 134 cm³/mol. The molecule has 1 unspecified atom stereocenters. The largest absolute Gasteiger partial charge is 0.497 e. The van der Waals surface area contributed by atoms with Crippen molar-refractivity contribution in [1.29, 1.82) is 0 Å². The Hall–Kier alpha value is -2.99. The predicted octanol–water partition coefficient (Wildman–Crippen LogP) is 2.18. The van der Waals surface area contributed by atoms with E-state index in [1.807, 2.05) is 41.3 Å². The number of methoxy groups -OCH3 is 2. The summed E-state index contributed by atoms with van der Waals surface area (Å²) >= 11 is 5.98. The van der Waals surface area contributed by atoms with E-state index in [0.717, 1.165) is 16.9 Å². The summed E-state index contributed by atoms with van der Waals surface area (Å²) in [6, 6.07) is 13.9. The highest BCUT2D eigenvalue weighted by Gasteiger charge is 2.40. The standard InChI is InChI=1S/C24H28ClN5O5S/c1-34-22-9-5-19(6-10-22)14-29-15-21(26-27-29)16-30-23(24(31)35-2)17-28(11-12-36(30,32)33)13-18-3-7-20(25)8-4-18/h3-10,15,23H,11-14,16-17H2,1-2H3. The van der Waals surface area contributed by atoms with E-state index < -0.39 is 22.0 Å². The third-order valence-corrected chi connectivity index (χ3v) is 8.05. The fourth-order valence-electron chi connectivity index (χ4n) is 4.08. The molecule has 36 heavy (non-hydrogen) atoms. The Morgan fingerprint density at radius 3 is 2.36 bits per heavy atom. The maximum absolute atomic E-state index is 13.2. The highest BCUT2D eigenvalue weighted by molar-refractivity contribution is 7.89. The maximum atomic E-state index is 13.2. The molecule has 2 heterocycles. The van der Waals surface area contributed by atoms with Gasteiger partial charge in [0.1, 0.15) is 11.8 Å². The third kappa shape index (κ3) is 6.41. The van der Waals surface area contributed by atoms with Gasteiger partial charge in [-0.2, -0.15) is 4.31 Å². The minimum Gasteiger partial charge on any atom is -0.497 e. The number of hydrogen-bond acceptors (Lipinski definition) is 8. The molecule has 4 rings (SSSR count). The van der Waals surface area contributed by atoms with Crippen LogP contribution in [0.4, 0.5) is 0 Å². The first-order chi connectivity index (χ1) is 17.3. The average molecular weight is 534 g/mol. The first-order valence-electron chi connectivity index (χ1n) is 11.3. The van der Waals surface area contributed by atoms with Crippen LogP contribution < -0.4 is 4.74 Å². The van der Waals surface area contributed by atoms with Crippen LogP contribution in [0.5, 0.6) is 5.75 Å². The zero-order chi connectivity index (χ0) is 25.7. The number of rotatable bonds is 8. The lowest BCUT2D eigenvalue weighted by Gasteiger charge is -2.28. The minimum atomic E-state index is -3.77. The molecule has 1 aliphatic heterocycles. The molecule has 0 N–H and O–H groups in total. The normalized spacial score (nSPS) is 18.5. The van der Waals surface area contributed by atoms with Crippen molar-refractivity contribution in [2.45, 2.75) is 25.7 Å². The number of hydrogen-bond donors (Lipinski definition) is 0. The molecule has 0 amide bonds. The van der Waals surface area contributed by atoms with Gasteiger partial charge >= 0.3 is 5.97 Å². The summed E-state index contributed by atoms with van der Waals surface area (Å²) < 4.78 is 39.5. The number of carbonyl (C=O) groups is 1. The number of benzene rings is 2. The van der Waals surface area contributed by atoms with Crippen molar-refractivity contribution < 1.29 is 22.7 Å². The Morgan fingerprint density at radius 1 is 1.03 bits per heavy atom. The Morgan fingerprint density at radius 2 is 1.69 bits per heavy atom. The molecule has 1 fully saturated rings. The van der Waals surface area contributed by atoms with Gasteiger partial charge in [0.15, 0.2) is 0 Å². The van der Waals surface area contributed by atoms with Crippen LogP contribution in [0.15, 0.2) is 54.7 Å². The van der Waals surface area contributed by atoms with E-state index in [9.17, 15) is 13.2 Å². The van der Waals surface area contributed by atoms with Gasteiger partial charge in [-0.05, 0) is 35.4 Å². The molecule has 12 heteroatoms.